The first kappa shape index (κ1) is 11.9. The Hall–Kier alpha value is -1.62. The smallest absolute Gasteiger partial charge is 0.230 e. The molecule has 5 heteroatoms. The van der Waals surface area contributed by atoms with E-state index in [0.29, 0.717) is 16.4 Å². The normalized spacial score (nSPS) is 10.3. The van der Waals surface area contributed by atoms with Gasteiger partial charge in [-0.1, -0.05) is 6.07 Å². The highest BCUT2D eigenvalue weighted by atomic mass is 79.9. The monoisotopic (exact) mass is 292 g/mol. The topological polar surface area (TPSA) is 63.8 Å². The number of hydrogen-bond acceptors (Lipinski definition) is 4. The van der Waals surface area contributed by atoms with Crippen LogP contribution in [-0.2, 0) is 0 Å². The Bertz CT molecular complexity index is 464. The molecule has 1 aromatic heterocycles. The number of nitrogens with two attached hydrogens (primary N) is 1. The van der Waals surface area contributed by atoms with Crippen LogP contribution < -0.4 is 11.1 Å². The van der Waals surface area contributed by atoms with E-state index in [-0.39, 0.29) is 0 Å². The average molecular weight is 293 g/mol. The molecule has 1 aromatic carbocycles. The second-order valence-corrected chi connectivity index (χ2v) is 4.75. The number of hydrogen-bond donors (Lipinski definition) is 2. The number of aryl methyl sites for hydroxylation is 2. The molecule has 0 saturated heterocycles. The fourth-order valence-electron chi connectivity index (χ4n) is 1.67. The van der Waals surface area contributed by atoms with Gasteiger partial charge in [0.2, 0.25) is 5.95 Å². The van der Waals surface area contributed by atoms with Gasteiger partial charge in [0.25, 0.3) is 0 Å². The summed E-state index contributed by atoms with van der Waals surface area (Å²) in [5, 5.41) is 3.14. The number of nitrogens with zero attached hydrogens (tertiary/aromatic N) is 2. The molecule has 0 fully saturated rings. The van der Waals surface area contributed by atoms with Crippen molar-refractivity contribution in [3.63, 3.8) is 0 Å². The van der Waals surface area contributed by atoms with Crippen molar-refractivity contribution in [1.82, 2.24) is 9.97 Å². The molecule has 0 atom stereocenters. The fraction of sp³-hybridized carbons (Fsp3) is 0.167. The SMILES string of the molecule is Cc1cc(C)cc(Nc2nc(N)cc(Br)n2)c1. The molecule has 0 aliphatic carbocycles. The second kappa shape index (κ2) is 4.71. The Morgan fingerprint density at radius 3 is 2.29 bits per heavy atom. The van der Waals surface area contributed by atoms with Crippen LogP contribution >= 0.6 is 15.9 Å². The van der Waals surface area contributed by atoms with Crippen LogP contribution in [-0.4, -0.2) is 9.97 Å². The van der Waals surface area contributed by atoms with Crippen molar-refractivity contribution in [3.05, 3.63) is 40.0 Å². The van der Waals surface area contributed by atoms with Gasteiger partial charge in [0.1, 0.15) is 10.4 Å². The highest BCUT2D eigenvalue weighted by Gasteiger charge is 2.02. The molecule has 0 radical (unpaired) electrons. The second-order valence-electron chi connectivity index (χ2n) is 3.94. The van der Waals surface area contributed by atoms with E-state index in [4.69, 9.17) is 5.73 Å². The summed E-state index contributed by atoms with van der Waals surface area (Å²) in [6, 6.07) is 7.84. The van der Waals surface area contributed by atoms with Crippen LogP contribution in [0.5, 0.6) is 0 Å². The zero-order chi connectivity index (χ0) is 12.4. The number of nitrogen functional groups attached to an aromatic ring is 1. The van der Waals surface area contributed by atoms with Crippen LogP contribution in [0.15, 0.2) is 28.9 Å². The maximum atomic E-state index is 5.65. The van der Waals surface area contributed by atoms with Crippen molar-refractivity contribution >= 4 is 33.4 Å². The lowest BCUT2D eigenvalue weighted by Crippen LogP contribution is -2.01. The summed E-state index contributed by atoms with van der Waals surface area (Å²) in [6.07, 6.45) is 0. The standard InChI is InChI=1S/C12H13BrN4/c1-7-3-8(2)5-9(4-7)15-12-16-10(13)6-11(14)17-12/h3-6H,1-2H3,(H3,14,15,16,17). The van der Waals surface area contributed by atoms with Crippen molar-refractivity contribution in [1.29, 1.82) is 0 Å². The van der Waals surface area contributed by atoms with Crippen molar-refractivity contribution in [2.24, 2.45) is 0 Å². The molecule has 3 N–H and O–H groups in total. The maximum Gasteiger partial charge on any atom is 0.230 e. The number of nitrogens with one attached hydrogen (secondary N) is 1. The van der Waals surface area contributed by atoms with Gasteiger partial charge in [-0.3, -0.25) is 0 Å². The fourth-order valence-corrected chi connectivity index (χ4v) is 2.07. The largest absolute Gasteiger partial charge is 0.383 e. The average Bonchev–Trinajstić information content (AvgIpc) is 2.13. The molecular weight excluding hydrogens is 280 g/mol. The Labute approximate surface area is 108 Å². The molecule has 2 rings (SSSR count). The van der Waals surface area contributed by atoms with Crippen molar-refractivity contribution in [2.75, 3.05) is 11.1 Å². The van der Waals surface area contributed by atoms with Crippen LogP contribution in [0, 0.1) is 13.8 Å². The van der Waals surface area contributed by atoms with Gasteiger partial charge < -0.3 is 11.1 Å². The first-order valence-corrected chi connectivity index (χ1v) is 5.97. The zero-order valence-corrected chi connectivity index (χ0v) is 11.2. The van der Waals surface area contributed by atoms with Crippen LogP contribution in [0.4, 0.5) is 17.5 Å². The van der Waals surface area contributed by atoms with E-state index >= 15 is 0 Å². The molecule has 0 spiro atoms. The molecule has 0 unspecified atom stereocenters. The summed E-state index contributed by atoms with van der Waals surface area (Å²) < 4.78 is 0.664. The summed E-state index contributed by atoms with van der Waals surface area (Å²) in [7, 11) is 0. The summed E-state index contributed by atoms with van der Waals surface area (Å²) in [4.78, 5) is 8.32. The van der Waals surface area contributed by atoms with E-state index in [9.17, 15) is 0 Å². The Morgan fingerprint density at radius 1 is 1.06 bits per heavy atom. The number of aromatic nitrogens is 2. The third-order valence-electron chi connectivity index (χ3n) is 2.19. The van der Waals surface area contributed by atoms with Gasteiger partial charge in [0.05, 0.1) is 0 Å². The van der Waals surface area contributed by atoms with E-state index < -0.39 is 0 Å². The Kier molecular flexibility index (Phi) is 3.28. The van der Waals surface area contributed by atoms with Crippen LogP contribution in [0.25, 0.3) is 0 Å². The minimum atomic E-state index is 0.429. The third kappa shape index (κ3) is 3.17. The highest BCUT2D eigenvalue weighted by molar-refractivity contribution is 9.10. The molecule has 0 amide bonds. The zero-order valence-electron chi connectivity index (χ0n) is 9.66. The molecule has 1 heterocycles. The number of benzene rings is 1. The van der Waals surface area contributed by atoms with Gasteiger partial charge >= 0.3 is 0 Å². The number of anilines is 3. The van der Waals surface area contributed by atoms with Crippen molar-refractivity contribution in [2.45, 2.75) is 13.8 Å². The van der Waals surface area contributed by atoms with Crippen LogP contribution in [0.3, 0.4) is 0 Å². The maximum absolute atomic E-state index is 5.65. The molecule has 0 saturated carbocycles. The number of rotatable bonds is 2. The molecule has 0 bridgehead atoms. The van der Waals surface area contributed by atoms with E-state index in [1.807, 2.05) is 26.0 Å². The van der Waals surface area contributed by atoms with E-state index in [1.165, 1.54) is 11.1 Å². The molecule has 88 valence electrons. The summed E-state index contributed by atoms with van der Waals surface area (Å²) in [5.41, 5.74) is 8.99. The van der Waals surface area contributed by atoms with Crippen LogP contribution in [0.1, 0.15) is 11.1 Å². The predicted octanol–water partition coefficient (Wildman–Crippen LogP) is 3.18. The van der Waals surface area contributed by atoms with Crippen molar-refractivity contribution in [3.8, 4) is 0 Å². The molecule has 17 heavy (non-hydrogen) atoms. The molecule has 0 aliphatic heterocycles. The summed E-state index contributed by atoms with van der Waals surface area (Å²) in [6.45, 7) is 4.10. The number of halogens is 1. The van der Waals surface area contributed by atoms with Gasteiger partial charge in [-0.15, -0.1) is 0 Å². The van der Waals surface area contributed by atoms with Gasteiger partial charge in [-0.05, 0) is 53.0 Å². The Morgan fingerprint density at radius 2 is 1.71 bits per heavy atom. The minimum absolute atomic E-state index is 0.429. The highest BCUT2D eigenvalue weighted by Crippen LogP contribution is 2.19. The van der Waals surface area contributed by atoms with Crippen molar-refractivity contribution < 1.29 is 0 Å². The van der Waals surface area contributed by atoms with Crippen LogP contribution in [0.2, 0.25) is 0 Å². The quantitative estimate of drug-likeness (QED) is 0.835. The summed E-state index contributed by atoms with van der Waals surface area (Å²) >= 11 is 3.28. The predicted molar refractivity (Wildman–Crippen MR) is 73.3 cm³/mol. The van der Waals surface area contributed by atoms with E-state index in [2.05, 4.69) is 37.3 Å². The molecular formula is C12H13BrN4. The third-order valence-corrected chi connectivity index (χ3v) is 2.60. The van der Waals surface area contributed by atoms with Gasteiger partial charge in [-0.2, -0.15) is 4.98 Å². The van der Waals surface area contributed by atoms with Gasteiger partial charge in [0.15, 0.2) is 0 Å². The summed E-state index contributed by atoms with van der Waals surface area (Å²) in [5.74, 6) is 0.917. The molecule has 0 aliphatic rings. The minimum Gasteiger partial charge on any atom is -0.383 e. The van der Waals surface area contributed by atoms with E-state index in [0.717, 1.165) is 5.69 Å². The van der Waals surface area contributed by atoms with Gasteiger partial charge in [0, 0.05) is 11.8 Å². The molecule has 2 aromatic rings. The Balaban J connectivity index is 2.31. The lowest BCUT2D eigenvalue weighted by atomic mass is 10.1. The van der Waals surface area contributed by atoms with Gasteiger partial charge in [-0.25, -0.2) is 4.98 Å². The molecule has 4 nitrogen and oxygen atoms in total. The lowest BCUT2D eigenvalue weighted by molar-refractivity contribution is 1.15. The lowest BCUT2D eigenvalue weighted by Gasteiger charge is -2.07. The van der Waals surface area contributed by atoms with E-state index in [1.54, 1.807) is 6.07 Å². The first-order valence-electron chi connectivity index (χ1n) is 5.18. The first-order chi connectivity index (χ1) is 8.02.